The quantitative estimate of drug-likeness (QED) is 0.470. The molecule has 0 aromatic carbocycles. The monoisotopic (exact) mass is 280 g/mol. The van der Waals surface area contributed by atoms with Gasteiger partial charge in [0.25, 0.3) is 0 Å². The third-order valence-electron chi connectivity index (χ3n) is 3.18. The van der Waals surface area contributed by atoms with Gasteiger partial charge < -0.3 is 5.43 Å². The second-order valence-corrected chi connectivity index (χ2v) is 5.55. The Morgan fingerprint density at radius 2 is 2.26 bits per heavy atom. The van der Waals surface area contributed by atoms with Crippen LogP contribution in [0, 0.1) is 6.92 Å². The minimum Gasteiger partial charge on any atom is -0.308 e. The molecule has 0 bridgehead atoms. The second-order valence-electron chi connectivity index (χ2n) is 4.61. The van der Waals surface area contributed by atoms with E-state index >= 15 is 0 Å². The van der Waals surface area contributed by atoms with Gasteiger partial charge in [-0.15, -0.1) is 5.10 Å². The maximum atomic E-state index is 5.54. The van der Waals surface area contributed by atoms with Gasteiger partial charge in [0.05, 0.1) is 11.7 Å². The molecule has 2 heterocycles. The van der Waals surface area contributed by atoms with Crippen molar-refractivity contribution in [3.05, 3.63) is 11.3 Å². The molecule has 0 amide bonds. The lowest BCUT2D eigenvalue weighted by Crippen LogP contribution is -2.12. The van der Waals surface area contributed by atoms with E-state index in [2.05, 4.69) is 26.0 Å². The van der Waals surface area contributed by atoms with E-state index in [1.165, 1.54) is 12.8 Å². The van der Waals surface area contributed by atoms with E-state index in [1.807, 2.05) is 18.7 Å². The number of hydrogen-bond donors (Lipinski definition) is 2. The number of anilines is 1. The maximum Gasteiger partial charge on any atom is 0.209 e. The highest BCUT2D eigenvalue weighted by atomic mass is 32.2. The minimum atomic E-state index is 0.486. The van der Waals surface area contributed by atoms with E-state index in [9.17, 15) is 0 Å². The number of hydrogen-bond acceptors (Lipinski definition) is 7. The van der Waals surface area contributed by atoms with Gasteiger partial charge in [-0.2, -0.15) is 5.10 Å². The summed E-state index contributed by atoms with van der Waals surface area (Å²) in [5.74, 6) is 7.11. The zero-order valence-corrected chi connectivity index (χ0v) is 11.7. The van der Waals surface area contributed by atoms with Crippen molar-refractivity contribution in [2.75, 3.05) is 5.43 Å². The Balaban J connectivity index is 1.77. The topological polar surface area (TPSA) is 99.5 Å². The van der Waals surface area contributed by atoms with Crippen LogP contribution in [0.3, 0.4) is 0 Å². The van der Waals surface area contributed by atoms with Gasteiger partial charge in [0, 0.05) is 18.4 Å². The molecule has 2 aromatic rings. The molecule has 1 aliphatic carbocycles. The van der Waals surface area contributed by atoms with Gasteiger partial charge in [0.15, 0.2) is 0 Å². The smallest absolute Gasteiger partial charge is 0.209 e. The molecule has 0 aliphatic heterocycles. The van der Waals surface area contributed by atoms with Crippen LogP contribution in [-0.2, 0) is 12.8 Å². The van der Waals surface area contributed by atoms with Crippen molar-refractivity contribution in [2.24, 2.45) is 12.9 Å². The van der Waals surface area contributed by atoms with Gasteiger partial charge in [-0.1, -0.05) is 11.8 Å². The van der Waals surface area contributed by atoms with Crippen LogP contribution in [0.4, 0.5) is 5.82 Å². The summed E-state index contributed by atoms with van der Waals surface area (Å²) < 4.78 is 3.65. The molecule has 1 aliphatic rings. The average Bonchev–Trinajstić information content (AvgIpc) is 3.06. The summed E-state index contributed by atoms with van der Waals surface area (Å²) in [5.41, 5.74) is 4.74. The Morgan fingerprint density at radius 3 is 2.95 bits per heavy atom. The molecule has 1 fully saturated rings. The first-order valence-electron chi connectivity index (χ1n) is 6.10. The molecular weight excluding hydrogens is 264 g/mol. The van der Waals surface area contributed by atoms with Crippen molar-refractivity contribution in [2.45, 2.75) is 36.7 Å². The van der Waals surface area contributed by atoms with Crippen molar-refractivity contribution >= 4 is 17.6 Å². The summed E-state index contributed by atoms with van der Waals surface area (Å²) in [6, 6.07) is 0.486. The highest BCUT2D eigenvalue weighted by Crippen LogP contribution is 2.37. The van der Waals surface area contributed by atoms with Gasteiger partial charge in [-0.25, -0.2) is 10.5 Å². The number of aryl methyl sites for hydroxylation is 2. The molecule has 0 saturated heterocycles. The van der Waals surface area contributed by atoms with Crippen LogP contribution in [-0.4, -0.2) is 30.0 Å². The zero-order valence-electron chi connectivity index (χ0n) is 10.9. The molecular formula is C10H16N8S. The van der Waals surface area contributed by atoms with E-state index in [0.29, 0.717) is 6.04 Å². The van der Waals surface area contributed by atoms with Crippen LogP contribution in [0.5, 0.6) is 0 Å². The first-order chi connectivity index (χ1) is 9.20. The first-order valence-corrected chi connectivity index (χ1v) is 7.09. The van der Waals surface area contributed by atoms with Crippen molar-refractivity contribution in [1.29, 1.82) is 0 Å². The molecule has 8 nitrogen and oxygen atoms in total. The summed E-state index contributed by atoms with van der Waals surface area (Å²) in [4.78, 5) is 0. The van der Waals surface area contributed by atoms with Crippen LogP contribution >= 0.6 is 11.8 Å². The second kappa shape index (κ2) is 4.82. The number of nitrogens with two attached hydrogens (primary N) is 1. The number of rotatable bonds is 5. The number of hydrazine groups is 1. The standard InChI is InChI=1S/C10H16N8S/c1-6-8(9(12-11)17(2)14-6)5-19-10-13-15-16-18(10)7-3-4-7/h7,12H,3-5,11H2,1-2H3. The summed E-state index contributed by atoms with van der Waals surface area (Å²) in [6.07, 6.45) is 2.33. The van der Waals surface area contributed by atoms with Crippen molar-refractivity contribution in [1.82, 2.24) is 30.0 Å². The van der Waals surface area contributed by atoms with E-state index in [1.54, 1.807) is 16.4 Å². The lowest BCUT2D eigenvalue weighted by Gasteiger charge is -2.05. The fourth-order valence-electron chi connectivity index (χ4n) is 2.02. The van der Waals surface area contributed by atoms with E-state index in [-0.39, 0.29) is 0 Å². The fourth-order valence-corrected chi connectivity index (χ4v) is 3.05. The van der Waals surface area contributed by atoms with Crippen LogP contribution < -0.4 is 11.3 Å². The number of tetrazole rings is 1. The van der Waals surface area contributed by atoms with Crippen molar-refractivity contribution < 1.29 is 0 Å². The van der Waals surface area contributed by atoms with Crippen LogP contribution in [0.1, 0.15) is 30.1 Å². The van der Waals surface area contributed by atoms with Gasteiger partial charge in [-0.05, 0) is 30.2 Å². The lowest BCUT2D eigenvalue weighted by molar-refractivity contribution is 0.565. The Labute approximate surface area is 114 Å². The van der Waals surface area contributed by atoms with Gasteiger partial charge in [0.2, 0.25) is 5.16 Å². The van der Waals surface area contributed by atoms with E-state index < -0.39 is 0 Å². The predicted octanol–water partition coefficient (Wildman–Crippen LogP) is 0.628. The normalized spacial score (nSPS) is 14.9. The molecule has 102 valence electrons. The number of nitrogens with one attached hydrogen (secondary N) is 1. The maximum absolute atomic E-state index is 5.54. The number of nitrogens with zero attached hydrogens (tertiary/aromatic N) is 6. The van der Waals surface area contributed by atoms with E-state index in [0.717, 1.165) is 28.0 Å². The van der Waals surface area contributed by atoms with Crippen LogP contribution in [0.2, 0.25) is 0 Å². The molecule has 0 radical (unpaired) electrons. The Kier molecular flexibility index (Phi) is 3.15. The molecule has 9 heteroatoms. The molecule has 0 spiro atoms. The van der Waals surface area contributed by atoms with E-state index in [4.69, 9.17) is 5.84 Å². The van der Waals surface area contributed by atoms with Crippen molar-refractivity contribution in [3.8, 4) is 0 Å². The Morgan fingerprint density at radius 1 is 1.47 bits per heavy atom. The predicted molar refractivity (Wildman–Crippen MR) is 71.4 cm³/mol. The van der Waals surface area contributed by atoms with Crippen LogP contribution in [0.25, 0.3) is 0 Å². The van der Waals surface area contributed by atoms with Gasteiger partial charge in [0.1, 0.15) is 5.82 Å². The largest absolute Gasteiger partial charge is 0.308 e. The minimum absolute atomic E-state index is 0.486. The zero-order chi connectivity index (χ0) is 13.4. The molecule has 0 unspecified atom stereocenters. The molecule has 2 aromatic heterocycles. The summed E-state index contributed by atoms with van der Waals surface area (Å²) >= 11 is 1.61. The molecule has 1 saturated carbocycles. The Hall–Kier alpha value is -1.61. The summed E-state index contributed by atoms with van der Waals surface area (Å²) in [5, 5.41) is 17.1. The third kappa shape index (κ3) is 2.30. The Bertz CT molecular complexity index is 584. The fraction of sp³-hybridized carbons (Fsp3) is 0.600. The van der Waals surface area contributed by atoms with Gasteiger partial charge in [-0.3, -0.25) is 4.68 Å². The number of nitrogen functional groups attached to an aromatic ring is 1. The molecule has 0 atom stereocenters. The number of aromatic nitrogens is 6. The molecule has 3 rings (SSSR count). The van der Waals surface area contributed by atoms with Gasteiger partial charge >= 0.3 is 0 Å². The SMILES string of the molecule is Cc1nn(C)c(NN)c1CSc1nnnn1C1CC1. The van der Waals surface area contributed by atoms with Crippen LogP contribution in [0.15, 0.2) is 5.16 Å². The third-order valence-corrected chi connectivity index (χ3v) is 4.14. The number of thioether (sulfide) groups is 1. The summed E-state index contributed by atoms with van der Waals surface area (Å²) in [7, 11) is 1.87. The molecule has 19 heavy (non-hydrogen) atoms. The lowest BCUT2D eigenvalue weighted by atomic mass is 10.3. The molecule has 3 N–H and O–H groups in total. The first kappa shape index (κ1) is 12.4. The highest BCUT2D eigenvalue weighted by Gasteiger charge is 2.28. The van der Waals surface area contributed by atoms with Crippen molar-refractivity contribution in [3.63, 3.8) is 0 Å². The summed E-state index contributed by atoms with van der Waals surface area (Å²) in [6.45, 7) is 1.97. The average molecular weight is 280 g/mol. The highest BCUT2D eigenvalue weighted by molar-refractivity contribution is 7.98.